The van der Waals surface area contributed by atoms with Crippen LogP contribution in [0.25, 0.3) is 10.9 Å². The highest BCUT2D eigenvalue weighted by Gasteiger charge is 2.29. The van der Waals surface area contributed by atoms with Crippen LogP contribution >= 0.6 is 0 Å². The molecule has 1 amide bonds. The van der Waals surface area contributed by atoms with Gasteiger partial charge in [-0.05, 0) is 39.7 Å². The van der Waals surface area contributed by atoms with Crippen molar-refractivity contribution in [3.8, 4) is 0 Å². The molecule has 5 nitrogen and oxygen atoms in total. The van der Waals surface area contributed by atoms with Crippen LogP contribution in [0.1, 0.15) is 44.0 Å². The molecule has 1 N–H and O–H groups in total. The minimum atomic E-state index is -0.196. The van der Waals surface area contributed by atoms with Gasteiger partial charge in [0.15, 0.2) is 5.78 Å². The first-order valence-corrected chi connectivity index (χ1v) is 8.38. The molecule has 1 fully saturated rings. The molecule has 0 spiro atoms. The maximum Gasteiger partial charge on any atom is 0.240 e. The average Bonchev–Trinajstić information content (AvgIpc) is 2.85. The van der Waals surface area contributed by atoms with E-state index in [0.717, 1.165) is 23.7 Å². The zero-order valence-electron chi connectivity index (χ0n) is 14.5. The number of para-hydroxylation sites is 1. The van der Waals surface area contributed by atoms with E-state index in [9.17, 15) is 9.59 Å². The van der Waals surface area contributed by atoms with Gasteiger partial charge in [-0.2, -0.15) is 0 Å². The number of ether oxygens (including phenoxy) is 1. The SMILES string of the molecule is CC(=O)c1cn(CC(=O)N[C@@H]2CCOC(C)(C)C2)c2ccccc12. The lowest BCUT2D eigenvalue weighted by Gasteiger charge is -2.35. The van der Waals surface area contributed by atoms with Gasteiger partial charge in [-0.25, -0.2) is 0 Å². The van der Waals surface area contributed by atoms with Gasteiger partial charge < -0.3 is 14.6 Å². The van der Waals surface area contributed by atoms with Crippen molar-refractivity contribution in [2.75, 3.05) is 6.61 Å². The number of hydrogen-bond donors (Lipinski definition) is 1. The molecule has 3 rings (SSSR count). The number of benzene rings is 1. The van der Waals surface area contributed by atoms with E-state index >= 15 is 0 Å². The molecule has 0 bridgehead atoms. The summed E-state index contributed by atoms with van der Waals surface area (Å²) in [6.45, 7) is 6.52. The van der Waals surface area contributed by atoms with Crippen LogP contribution in [0.15, 0.2) is 30.5 Å². The van der Waals surface area contributed by atoms with Gasteiger partial charge in [-0.1, -0.05) is 18.2 Å². The monoisotopic (exact) mass is 328 g/mol. The van der Waals surface area contributed by atoms with Crippen LogP contribution in [0.3, 0.4) is 0 Å². The number of nitrogens with one attached hydrogen (secondary N) is 1. The van der Waals surface area contributed by atoms with Gasteiger partial charge in [0.2, 0.25) is 5.91 Å². The van der Waals surface area contributed by atoms with Crippen LogP contribution in [0.2, 0.25) is 0 Å². The van der Waals surface area contributed by atoms with E-state index < -0.39 is 0 Å². The summed E-state index contributed by atoms with van der Waals surface area (Å²) in [5, 5.41) is 3.99. The number of hydrogen-bond acceptors (Lipinski definition) is 3. The van der Waals surface area contributed by atoms with Gasteiger partial charge in [0.25, 0.3) is 0 Å². The predicted molar refractivity (Wildman–Crippen MR) is 93.1 cm³/mol. The van der Waals surface area contributed by atoms with Crippen molar-refractivity contribution in [3.05, 3.63) is 36.0 Å². The smallest absolute Gasteiger partial charge is 0.240 e. The molecular weight excluding hydrogens is 304 g/mol. The molecule has 2 heterocycles. The van der Waals surface area contributed by atoms with E-state index in [1.54, 1.807) is 13.1 Å². The van der Waals surface area contributed by atoms with E-state index in [1.807, 2.05) is 42.7 Å². The summed E-state index contributed by atoms with van der Waals surface area (Å²) in [5.41, 5.74) is 1.37. The summed E-state index contributed by atoms with van der Waals surface area (Å²) in [6.07, 6.45) is 3.42. The van der Waals surface area contributed by atoms with Gasteiger partial charge in [0.05, 0.1) is 5.60 Å². The lowest BCUT2D eigenvalue weighted by Crippen LogP contribution is -2.46. The lowest BCUT2D eigenvalue weighted by atomic mass is 9.94. The molecule has 1 aromatic carbocycles. The average molecular weight is 328 g/mol. The van der Waals surface area contributed by atoms with Crippen LogP contribution < -0.4 is 5.32 Å². The summed E-state index contributed by atoms with van der Waals surface area (Å²) >= 11 is 0. The van der Waals surface area contributed by atoms with Gasteiger partial charge in [0.1, 0.15) is 6.54 Å². The fourth-order valence-corrected chi connectivity index (χ4v) is 3.44. The standard InChI is InChI=1S/C19H24N2O3/c1-13(22)16-11-21(17-7-5-4-6-15(16)17)12-18(23)20-14-8-9-24-19(2,3)10-14/h4-7,11,14H,8-10,12H2,1-3H3,(H,20,23)/t14-/m1/s1. The number of amides is 1. The van der Waals surface area contributed by atoms with Crippen molar-refractivity contribution in [1.29, 1.82) is 0 Å². The number of fused-ring (bicyclic) bond motifs is 1. The zero-order valence-corrected chi connectivity index (χ0v) is 14.5. The minimum Gasteiger partial charge on any atom is -0.375 e. The van der Waals surface area contributed by atoms with Crippen molar-refractivity contribution in [1.82, 2.24) is 9.88 Å². The quantitative estimate of drug-likeness (QED) is 0.878. The van der Waals surface area contributed by atoms with Crippen LogP contribution in [-0.4, -0.2) is 34.5 Å². The first-order chi connectivity index (χ1) is 11.4. The molecule has 1 aromatic heterocycles. The second-order valence-electron chi connectivity index (χ2n) is 7.11. The second-order valence-corrected chi connectivity index (χ2v) is 7.11. The molecule has 0 saturated carbocycles. The topological polar surface area (TPSA) is 60.3 Å². The predicted octanol–water partition coefficient (Wildman–Crippen LogP) is 2.92. The van der Waals surface area contributed by atoms with Crippen LogP contribution in [0.5, 0.6) is 0 Å². The Morgan fingerprint density at radius 1 is 1.33 bits per heavy atom. The van der Waals surface area contributed by atoms with Crippen LogP contribution in [0.4, 0.5) is 0 Å². The highest BCUT2D eigenvalue weighted by Crippen LogP contribution is 2.24. The van der Waals surface area contributed by atoms with Crippen LogP contribution in [-0.2, 0) is 16.1 Å². The Morgan fingerprint density at radius 3 is 2.79 bits per heavy atom. The molecule has 1 saturated heterocycles. The third-order valence-electron chi connectivity index (χ3n) is 4.54. The number of ketones is 1. The van der Waals surface area contributed by atoms with Crippen molar-refractivity contribution in [3.63, 3.8) is 0 Å². The Hall–Kier alpha value is -2.14. The minimum absolute atomic E-state index is 0.0107. The Bertz CT molecular complexity index is 776. The van der Waals surface area contributed by atoms with E-state index in [0.29, 0.717) is 12.2 Å². The summed E-state index contributed by atoms with van der Waals surface area (Å²) < 4.78 is 7.54. The third-order valence-corrected chi connectivity index (χ3v) is 4.54. The van der Waals surface area contributed by atoms with E-state index in [4.69, 9.17) is 4.74 Å². The molecule has 2 aromatic rings. The number of nitrogens with zero attached hydrogens (tertiary/aromatic N) is 1. The largest absolute Gasteiger partial charge is 0.375 e. The molecule has 0 aliphatic carbocycles. The van der Waals surface area contributed by atoms with Crippen molar-refractivity contribution in [2.45, 2.75) is 51.8 Å². The fourth-order valence-electron chi connectivity index (χ4n) is 3.44. The van der Waals surface area contributed by atoms with Gasteiger partial charge >= 0.3 is 0 Å². The normalized spacial score (nSPS) is 20.0. The Morgan fingerprint density at radius 2 is 2.08 bits per heavy atom. The fraction of sp³-hybridized carbons (Fsp3) is 0.474. The molecule has 1 atom stereocenters. The maximum absolute atomic E-state index is 12.5. The molecular formula is C19H24N2O3. The first kappa shape index (κ1) is 16.7. The highest BCUT2D eigenvalue weighted by molar-refractivity contribution is 6.07. The van der Waals surface area contributed by atoms with E-state index in [-0.39, 0.29) is 29.9 Å². The Kier molecular flexibility index (Phi) is 4.45. The number of rotatable bonds is 4. The van der Waals surface area contributed by atoms with E-state index in [1.165, 1.54) is 0 Å². The van der Waals surface area contributed by atoms with Crippen molar-refractivity contribution >= 4 is 22.6 Å². The number of carbonyl (C=O) groups excluding carboxylic acids is 2. The molecule has 5 heteroatoms. The van der Waals surface area contributed by atoms with Crippen molar-refractivity contribution in [2.24, 2.45) is 0 Å². The molecule has 1 aliphatic heterocycles. The Balaban J connectivity index is 1.75. The lowest BCUT2D eigenvalue weighted by molar-refractivity contribution is -0.124. The third kappa shape index (κ3) is 3.51. The number of carbonyl (C=O) groups is 2. The molecule has 1 aliphatic rings. The second kappa shape index (κ2) is 6.40. The van der Waals surface area contributed by atoms with Gasteiger partial charge in [-0.3, -0.25) is 9.59 Å². The summed E-state index contributed by atoms with van der Waals surface area (Å²) in [4.78, 5) is 24.3. The molecule has 0 unspecified atom stereocenters. The molecule has 0 radical (unpaired) electrons. The zero-order chi connectivity index (χ0) is 17.3. The van der Waals surface area contributed by atoms with E-state index in [2.05, 4.69) is 5.32 Å². The van der Waals surface area contributed by atoms with Gasteiger partial charge in [0, 0.05) is 35.3 Å². The number of Topliss-reactive ketones (excluding diaryl/α,β-unsaturated/α-hetero) is 1. The maximum atomic E-state index is 12.5. The summed E-state index contributed by atoms with van der Waals surface area (Å²) in [5.74, 6) is -0.0231. The van der Waals surface area contributed by atoms with Crippen LogP contribution in [0, 0.1) is 0 Å². The summed E-state index contributed by atoms with van der Waals surface area (Å²) in [7, 11) is 0. The Labute approximate surface area is 142 Å². The van der Waals surface area contributed by atoms with Crippen molar-refractivity contribution < 1.29 is 14.3 Å². The first-order valence-electron chi connectivity index (χ1n) is 8.38. The molecule has 128 valence electrons. The summed E-state index contributed by atoms with van der Waals surface area (Å²) in [6, 6.07) is 7.81. The number of aromatic nitrogens is 1. The highest BCUT2D eigenvalue weighted by atomic mass is 16.5. The molecule has 24 heavy (non-hydrogen) atoms. The van der Waals surface area contributed by atoms with Gasteiger partial charge in [-0.15, -0.1) is 0 Å².